The van der Waals surface area contributed by atoms with E-state index in [0.717, 1.165) is 34.8 Å². The van der Waals surface area contributed by atoms with E-state index in [4.69, 9.17) is 9.73 Å². The molecule has 0 unspecified atom stereocenters. The summed E-state index contributed by atoms with van der Waals surface area (Å²) in [4.78, 5) is 5.04. The number of hydrogen-bond acceptors (Lipinski definition) is 2. The van der Waals surface area contributed by atoms with Gasteiger partial charge in [0.05, 0.1) is 18.5 Å². The summed E-state index contributed by atoms with van der Waals surface area (Å²) in [5.41, 5.74) is 6.58. The Kier molecular flexibility index (Phi) is 5.01. The number of benzene rings is 4. The van der Waals surface area contributed by atoms with Crippen molar-refractivity contribution in [2.24, 2.45) is 4.99 Å². The summed E-state index contributed by atoms with van der Waals surface area (Å²) >= 11 is 0. The molecule has 0 bridgehead atoms. The Morgan fingerprint density at radius 1 is 0.742 bits per heavy atom. The van der Waals surface area contributed by atoms with E-state index in [1.54, 1.807) is 7.11 Å². The molecule has 1 heterocycles. The SMILES string of the molecule is CCn1c2ccccc2c2cc(C(=Nc3ccc(OC)cc3)c3ccccc3)ccc21. The summed E-state index contributed by atoms with van der Waals surface area (Å²) < 4.78 is 7.67. The maximum absolute atomic E-state index is 5.29. The second-order valence-corrected chi connectivity index (χ2v) is 7.52. The van der Waals surface area contributed by atoms with Crippen LogP contribution in [-0.2, 0) is 6.54 Å². The molecule has 0 aliphatic rings. The molecule has 0 radical (unpaired) electrons. The summed E-state index contributed by atoms with van der Waals surface area (Å²) in [5, 5.41) is 2.53. The molecule has 0 saturated carbocycles. The van der Waals surface area contributed by atoms with Crippen molar-refractivity contribution in [3.63, 3.8) is 0 Å². The number of para-hydroxylation sites is 1. The lowest BCUT2D eigenvalue weighted by Crippen LogP contribution is -2.03. The average Bonchev–Trinajstić information content (AvgIpc) is 3.16. The average molecular weight is 405 g/mol. The third-order valence-electron chi connectivity index (χ3n) is 5.72. The predicted octanol–water partition coefficient (Wildman–Crippen LogP) is 6.99. The number of aliphatic imine (C=N–C) groups is 1. The Morgan fingerprint density at radius 2 is 1.45 bits per heavy atom. The highest BCUT2D eigenvalue weighted by Gasteiger charge is 2.13. The van der Waals surface area contributed by atoms with E-state index < -0.39 is 0 Å². The van der Waals surface area contributed by atoms with Crippen molar-refractivity contribution < 1.29 is 4.74 Å². The van der Waals surface area contributed by atoms with Crippen LogP contribution in [0.25, 0.3) is 21.8 Å². The standard InChI is InChI=1S/C28H24N2O/c1-3-30-26-12-8-7-11-24(26)25-19-21(13-18-27(25)30)28(20-9-5-4-6-10-20)29-22-14-16-23(31-2)17-15-22/h4-19H,3H2,1-2H3. The minimum Gasteiger partial charge on any atom is -0.497 e. The number of nitrogens with zero attached hydrogens (tertiary/aromatic N) is 2. The van der Waals surface area contributed by atoms with Gasteiger partial charge in [0.15, 0.2) is 0 Å². The summed E-state index contributed by atoms with van der Waals surface area (Å²) in [5.74, 6) is 0.828. The van der Waals surface area contributed by atoms with Crippen LogP contribution in [-0.4, -0.2) is 17.4 Å². The molecule has 5 rings (SSSR count). The zero-order valence-electron chi connectivity index (χ0n) is 17.7. The van der Waals surface area contributed by atoms with Crippen LogP contribution < -0.4 is 4.74 Å². The largest absolute Gasteiger partial charge is 0.497 e. The van der Waals surface area contributed by atoms with E-state index in [2.05, 4.69) is 78.2 Å². The van der Waals surface area contributed by atoms with Crippen LogP contribution in [0.2, 0.25) is 0 Å². The number of rotatable bonds is 5. The van der Waals surface area contributed by atoms with Gasteiger partial charge in [0, 0.05) is 39.5 Å². The van der Waals surface area contributed by atoms with Crippen LogP contribution in [0.5, 0.6) is 5.75 Å². The summed E-state index contributed by atoms with van der Waals surface area (Å²) in [7, 11) is 1.68. The molecule has 0 fully saturated rings. The van der Waals surface area contributed by atoms with Crippen molar-refractivity contribution in [2.75, 3.05) is 7.11 Å². The van der Waals surface area contributed by atoms with Gasteiger partial charge in [-0.3, -0.25) is 0 Å². The van der Waals surface area contributed by atoms with Gasteiger partial charge < -0.3 is 9.30 Å². The first-order chi connectivity index (χ1) is 15.3. The quantitative estimate of drug-likeness (QED) is 0.290. The van der Waals surface area contributed by atoms with E-state index >= 15 is 0 Å². The van der Waals surface area contributed by atoms with Gasteiger partial charge in [-0.05, 0) is 49.4 Å². The molecule has 152 valence electrons. The first-order valence-electron chi connectivity index (χ1n) is 10.6. The van der Waals surface area contributed by atoms with Crippen LogP contribution in [0.4, 0.5) is 5.69 Å². The minimum atomic E-state index is 0.828. The normalized spacial score (nSPS) is 11.9. The number of methoxy groups -OCH3 is 1. The van der Waals surface area contributed by atoms with Gasteiger partial charge in [-0.1, -0.05) is 54.6 Å². The second kappa shape index (κ2) is 8.11. The molecule has 4 aromatic carbocycles. The maximum Gasteiger partial charge on any atom is 0.119 e. The first-order valence-corrected chi connectivity index (χ1v) is 10.6. The van der Waals surface area contributed by atoms with Gasteiger partial charge in [0.25, 0.3) is 0 Å². The number of aromatic nitrogens is 1. The van der Waals surface area contributed by atoms with Crippen molar-refractivity contribution in [3.8, 4) is 5.75 Å². The topological polar surface area (TPSA) is 26.5 Å². The van der Waals surface area contributed by atoms with E-state index in [-0.39, 0.29) is 0 Å². The molecule has 1 aromatic heterocycles. The maximum atomic E-state index is 5.29. The Balaban J connectivity index is 1.72. The number of ether oxygens (including phenoxy) is 1. The van der Waals surface area contributed by atoms with Crippen LogP contribution in [0.1, 0.15) is 18.1 Å². The number of fused-ring (bicyclic) bond motifs is 3. The monoisotopic (exact) mass is 404 g/mol. The van der Waals surface area contributed by atoms with Crippen LogP contribution in [0.3, 0.4) is 0 Å². The molecule has 0 saturated heterocycles. The van der Waals surface area contributed by atoms with Gasteiger partial charge in [0.1, 0.15) is 5.75 Å². The molecule has 3 heteroatoms. The highest BCUT2D eigenvalue weighted by Crippen LogP contribution is 2.31. The molecular formula is C28H24N2O. The fourth-order valence-electron chi connectivity index (χ4n) is 4.22. The highest BCUT2D eigenvalue weighted by atomic mass is 16.5. The van der Waals surface area contributed by atoms with E-state index in [1.165, 1.54) is 21.8 Å². The molecule has 31 heavy (non-hydrogen) atoms. The fourth-order valence-corrected chi connectivity index (χ4v) is 4.22. The zero-order valence-corrected chi connectivity index (χ0v) is 17.7. The van der Waals surface area contributed by atoms with Gasteiger partial charge in [-0.15, -0.1) is 0 Å². The van der Waals surface area contributed by atoms with Gasteiger partial charge in [-0.25, -0.2) is 4.99 Å². The lowest BCUT2D eigenvalue weighted by molar-refractivity contribution is 0.415. The summed E-state index contributed by atoms with van der Waals surface area (Å²) in [6.07, 6.45) is 0. The Morgan fingerprint density at radius 3 is 2.19 bits per heavy atom. The Bertz CT molecular complexity index is 1380. The van der Waals surface area contributed by atoms with Crippen molar-refractivity contribution in [1.29, 1.82) is 0 Å². The van der Waals surface area contributed by atoms with Crippen molar-refractivity contribution >= 4 is 33.2 Å². The summed E-state index contributed by atoms with van der Waals surface area (Å²) in [6.45, 7) is 3.13. The second-order valence-electron chi connectivity index (χ2n) is 7.52. The lowest BCUT2D eigenvalue weighted by atomic mass is 10.00. The summed E-state index contributed by atoms with van der Waals surface area (Å²) in [6, 6.07) is 33.5. The van der Waals surface area contributed by atoms with Crippen LogP contribution in [0.15, 0.2) is 102 Å². The van der Waals surface area contributed by atoms with Gasteiger partial charge in [-0.2, -0.15) is 0 Å². The number of hydrogen-bond donors (Lipinski definition) is 0. The molecule has 0 N–H and O–H groups in total. The smallest absolute Gasteiger partial charge is 0.119 e. The predicted molar refractivity (Wildman–Crippen MR) is 130 cm³/mol. The molecule has 0 aliphatic heterocycles. The first kappa shape index (κ1) is 19.1. The fraction of sp³-hybridized carbons (Fsp3) is 0.107. The molecule has 0 atom stereocenters. The van der Waals surface area contributed by atoms with Crippen LogP contribution in [0, 0.1) is 0 Å². The molecule has 0 spiro atoms. The Hall–Kier alpha value is -3.85. The van der Waals surface area contributed by atoms with Crippen molar-refractivity contribution in [2.45, 2.75) is 13.5 Å². The van der Waals surface area contributed by atoms with Gasteiger partial charge in [0.2, 0.25) is 0 Å². The van der Waals surface area contributed by atoms with Crippen molar-refractivity contribution in [1.82, 2.24) is 4.57 Å². The lowest BCUT2D eigenvalue weighted by Gasteiger charge is -2.09. The van der Waals surface area contributed by atoms with Gasteiger partial charge >= 0.3 is 0 Å². The van der Waals surface area contributed by atoms with E-state index in [0.29, 0.717) is 0 Å². The van der Waals surface area contributed by atoms with E-state index in [1.807, 2.05) is 30.3 Å². The molecule has 5 aromatic rings. The zero-order chi connectivity index (χ0) is 21.2. The Labute approximate surface area is 182 Å². The van der Waals surface area contributed by atoms with E-state index in [9.17, 15) is 0 Å². The highest BCUT2D eigenvalue weighted by molar-refractivity contribution is 6.17. The molecular weight excluding hydrogens is 380 g/mol. The third-order valence-corrected chi connectivity index (χ3v) is 5.72. The third kappa shape index (κ3) is 3.49. The number of aryl methyl sites for hydroxylation is 1. The van der Waals surface area contributed by atoms with Crippen molar-refractivity contribution in [3.05, 3.63) is 108 Å². The molecule has 0 amide bonds. The minimum absolute atomic E-state index is 0.828. The molecule has 0 aliphatic carbocycles. The van der Waals surface area contributed by atoms with Crippen LogP contribution >= 0.6 is 0 Å². The molecule has 3 nitrogen and oxygen atoms in total.